The van der Waals surface area contributed by atoms with Crippen LogP contribution in [0.5, 0.6) is 0 Å². The van der Waals surface area contributed by atoms with Crippen molar-refractivity contribution in [3.05, 3.63) is 17.5 Å². The maximum atomic E-state index is 12.6. The van der Waals surface area contributed by atoms with Gasteiger partial charge in [0.05, 0.1) is 28.9 Å². The lowest BCUT2D eigenvalue weighted by Gasteiger charge is -2.27. The molecule has 1 amide bonds. The number of carboxylic acids is 1. The van der Waals surface area contributed by atoms with Crippen molar-refractivity contribution in [3.8, 4) is 0 Å². The van der Waals surface area contributed by atoms with E-state index >= 15 is 0 Å². The summed E-state index contributed by atoms with van der Waals surface area (Å²) in [4.78, 5) is 24.2. The van der Waals surface area contributed by atoms with Gasteiger partial charge in [-0.3, -0.25) is 14.3 Å². The topological polar surface area (TPSA) is 93.5 Å². The van der Waals surface area contributed by atoms with E-state index < -0.39 is 11.9 Å². The molecule has 1 fully saturated rings. The van der Waals surface area contributed by atoms with Crippen LogP contribution in [-0.2, 0) is 21.5 Å². The van der Waals surface area contributed by atoms with Gasteiger partial charge in [-0.15, -0.1) is 0 Å². The van der Waals surface area contributed by atoms with Gasteiger partial charge in [0.1, 0.15) is 0 Å². The fourth-order valence-corrected chi connectivity index (χ4v) is 3.35. The number of hydrogen-bond acceptors (Lipinski definition) is 4. The fourth-order valence-electron chi connectivity index (χ4n) is 3.35. The van der Waals surface area contributed by atoms with E-state index in [-0.39, 0.29) is 23.9 Å². The van der Waals surface area contributed by atoms with E-state index in [0.717, 1.165) is 18.5 Å². The Morgan fingerprint density at radius 1 is 1.40 bits per heavy atom. The number of aromatic nitrogens is 2. The molecule has 1 saturated heterocycles. The Balaban J connectivity index is 2.08. The van der Waals surface area contributed by atoms with Gasteiger partial charge in [-0.25, -0.2) is 0 Å². The zero-order valence-corrected chi connectivity index (χ0v) is 15.5. The SMILES string of the molecule is CCc1c(C(=O)NCC(C(=O)O)C2CCOCC2)cnn1C(C)(C)C. The van der Waals surface area contributed by atoms with Crippen molar-refractivity contribution in [1.29, 1.82) is 0 Å². The van der Waals surface area contributed by atoms with Gasteiger partial charge in [-0.1, -0.05) is 6.92 Å². The van der Waals surface area contributed by atoms with Gasteiger partial charge >= 0.3 is 5.97 Å². The van der Waals surface area contributed by atoms with Crippen molar-refractivity contribution < 1.29 is 19.4 Å². The van der Waals surface area contributed by atoms with E-state index in [4.69, 9.17) is 4.74 Å². The Morgan fingerprint density at radius 3 is 2.56 bits per heavy atom. The van der Waals surface area contributed by atoms with Crippen LogP contribution in [-0.4, -0.2) is 46.5 Å². The van der Waals surface area contributed by atoms with Crippen LogP contribution in [0.3, 0.4) is 0 Å². The summed E-state index contributed by atoms with van der Waals surface area (Å²) in [6, 6.07) is 0. The lowest BCUT2D eigenvalue weighted by atomic mass is 9.86. The first-order valence-corrected chi connectivity index (χ1v) is 8.91. The summed E-state index contributed by atoms with van der Waals surface area (Å²) in [5, 5.41) is 16.7. The third-order valence-electron chi connectivity index (χ3n) is 4.72. The molecular weight excluding hydrogens is 322 g/mol. The highest BCUT2D eigenvalue weighted by atomic mass is 16.5. The van der Waals surface area contributed by atoms with Gasteiger partial charge in [0, 0.05) is 19.8 Å². The number of aliphatic carboxylic acids is 1. The van der Waals surface area contributed by atoms with Gasteiger partial charge in [-0.2, -0.15) is 5.10 Å². The maximum absolute atomic E-state index is 12.6. The third kappa shape index (κ3) is 4.60. The second-order valence-electron chi connectivity index (χ2n) is 7.55. The average Bonchev–Trinajstić information content (AvgIpc) is 3.00. The fraction of sp³-hybridized carbons (Fsp3) is 0.722. The second-order valence-corrected chi connectivity index (χ2v) is 7.55. The highest BCUT2D eigenvalue weighted by molar-refractivity contribution is 5.95. The van der Waals surface area contributed by atoms with E-state index in [1.807, 2.05) is 32.4 Å². The Morgan fingerprint density at radius 2 is 2.04 bits per heavy atom. The molecule has 0 aliphatic carbocycles. The molecule has 140 valence electrons. The highest BCUT2D eigenvalue weighted by Gasteiger charge is 2.31. The molecule has 2 N–H and O–H groups in total. The van der Waals surface area contributed by atoms with Gasteiger partial charge in [-0.05, 0) is 46.0 Å². The molecule has 1 aromatic rings. The third-order valence-corrected chi connectivity index (χ3v) is 4.72. The van der Waals surface area contributed by atoms with Crippen LogP contribution in [0.15, 0.2) is 6.20 Å². The predicted molar refractivity (Wildman–Crippen MR) is 93.6 cm³/mol. The predicted octanol–water partition coefficient (Wildman–Crippen LogP) is 2.06. The number of hydrogen-bond donors (Lipinski definition) is 2. The molecule has 0 spiro atoms. The summed E-state index contributed by atoms with van der Waals surface area (Å²) in [6.45, 7) is 9.38. The van der Waals surface area contributed by atoms with Crippen LogP contribution in [0.2, 0.25) is 0 Å². The van der Waals surface area contributed by atoms with E-state index in [9.17, 15) is 14.7 Å². The Labute approximate surface area is 148 Å². The molecule has 25 heavy (non-hydrogen) atoms. The molecule has 0 bridgehead atoms. The number of carbonyl (C=O) groups is 2. The molecule has 2 rings (SSSR count). The lowest BCUT2D eigenvalue weighted by molar-refractivity contribution is -0.144. The largest absolute Gasteiger partial charge is 0.481 e. The number of nitrogens with zero attached hydrogens (tertiary/aromatic N) is 2. The van der Waals surface area contributed by atoms with Crippen LogP contribution in [0.4, 0.5) is 0 Å². The van der Waals surface area contributed by atoms with Crippen molar-refractivity contribution in [2.45, 2.75) is 52.5 Å². The number of amides is 1. The molecule has 2 heterocycles. The molecule has 1 unspecified atom stereocenters. The second kappa shape index (κ2) is 7.99. The van der Waals surface area contributed by atoms with Crippen LogP contribution in [0.25, 0.3) is 0 Å². The van der Waals surface area contributed by atoms with Gasteiger partial charge in [0.15, 0.2) is 0 Å². The van der Waals surface area contributed by atoms with Crippen molar-refractivity contribution >= 4 is 11.9 Å². The smallest absolute Gasteiger partial charge is 0.308 e. The standard InChI is InChI=1S/C18H29N3O4/c1-5-15-14(11-20-21(15)18(2,3)4)16(22)19-10-13(17(23)24)12-6-8-25-9-7-12/h11-13H,5-10H2,1-4H3,(H,19,22)(H,23,24). The first-order valence-electron chi connectivity index (χ1n) is 8.91. The Bertz CT molecular complexity index is 612. The molecular formula is C18H29N3O4. The summed E-state index contributed by atoms with van der Waals surface area (Å²) < 4.78 is 7.15. The average molecular weight is 351 g/mol. The number of ether oxygens (including phenoxy) is 1. The summed E-state index contributed by atoms with van der Waals surface area (Å²) in [5.74, 6) is -1.68. The molecule has 1 aliphatic rings. The molecule has 1 atom stereocenters. The monoisotopic (exact) mass is 351 g/mol. The van der Waals surface area contributed by atoms with Gasteiger partial charge in [0.2, 0.25) is 0 Å². The highest BCUT2D eigenvalue weighted by Crippen LogP contribution is 2.24. The van der Waals surface area contributed by atoms with Crippen LogP contribution >= 0.6 is 0 Å². The minimum Gasteiger partial charge on any atom is -0.481 e. The van der Waals surface area contributed by atoms with Crippen LogP contribution < -0.4 is 5.32 Å². The van der Waals surface area contributed by atoms with E-state index in [1.54, 1.807) is 6.20 Å². The van der Waals surface area contributed by atoms with Gasteiger partial charge < -0.3 is 15.2 Å². The minimum absolute atomic E-state index is 0.0366. The molecule has 0 saturated carbocycles. The zero-order valence-electron chi connectivity index (χ0n) is 15.5. The molecule has 0 radical (unpaired) electrons. The summed E-state index contributed by atoms with van der Waals surface area (Å²) >= 11 is 0. The Hall–Kier alpha value is -1.89. The van der Waals surface area contributed by atoms with E-state index in [1.165, 1.54) is 0 Å². The summed E-state index contributed by atoms with van der Waals surface area (Å²) in [6.07, 6.45) is 3.69. The van der Waals surface area contributed by atoms with Crippen molar-refractivity contribution in [2.24, 2.45) is 11.8 Å². The van der Waals surface area contributed by atoms with Crippen molar-refractivity contribution in [1.82, 2.24) is 15.1 Å². The quantitative estimate of drug-likeness (QED) is 0.818. The van der Waals surface area contributed by atoms with E-state index in [0.29, 0.717) is 25.2 Å². The summed E-state index contributed by atoms with van der Waals surface area (Å²) in [5.41, 5.74) is 1.17. The number of nitrogens with one attached hydrogen (secondary N) is 1. The van der Waals surface area contributed by atoms with Crippen LogP contribution in [0, 0.1) is 11.8 Å². The summed E-state index contributed by atoms with van der Waals surface area (Å²) in [7, 11) is 0. The molecule has 1 aliphatic heterocycles. The number of rotatable bonds is 6. The minimum atomic E-state index is -0.867. The van der Waals surface area contributed by atoms with Crippen LogP contribution in [0.1, 0.15) is 56.6 Å². The molecule has 0 aromatic carbocycles. The van der Waals surface area contributed by atoms with Crippen molar-refractivity contribution in [3.63, 3.8) is 0 Å². The Kier molecular flexibility index (Phi) is 6.21. The normalized spacial score (nSPS) is 17.3. The lowest BCUT2D eigenvalue weighted by Crippen LogP contribution is -2.39. The number of carbonyl (C=O) groups excluding carboxylic acids is 1. The first-order chi connectivity index (χ1) is 11.8. The number of carboxylic acid groups (broad SMARTS) is 1. The van der Waals surface area contributed by atoms with Crippen molar-refractivity contribution in [2.75, 3.05) is 19.8 Å². The first kappa shape index (κ1) is 19.4. The van der Waals surface area contributed by atoms with Gasteiger partial charge in [0.25, 0.3) is 5.91 Å². The molecule has 1 aromatic heterocycles. The zero-order chi connectivity index (χ0) is 18.6. The maximum Gasteiger partial charge on any atom is 0.308 e. The molecule has 7 heteroatoms. The van der Waals surface area contributed by atoms with E-state index in [2.05, 4.69) is 10.4 Å². The molecule has 7 nitrogen and oxygen atoms in total.